The van der Waals surface area contributed by atoms with Crippen LogP contribution in [0.2, 0.25) is 0 Å². The van der Waals surface area contributed by atoms with Crippen molar-refractivity contribution < 1.29 is 18.0 Å². The summed E-state index contributed by atoms with van der Waals surface area (Å²) in [5, 5.41) is 6.51. The van der Waals surface area contributed by atoms with Gasteiger partial charge in [-0.1, -0.05) is 0 Å². The monoisotopic (exact) mass is 420 g/mol. The quantitative estimate of drug-likeness (QED) is 0.614. The predicted molar refractivity (Wildman–Crippen MR) is 98.8 cm³/mol. The molecule has 0 radical (unpaired) electrons. The third-order valence-electron chi connectivity index (χ3n) is 4.81. The van der Waals surface area contributed by atoms with Crippen molar-refractivity contribution >= 4 is 11.7 Å². The van der Waals surface area contributed by atoms with Crippen LogP contribution in [0, 0.1) is 17.5 Å². The molecule has 2 amide bonds. The van der Waals surface area contributed by atoms with Gasteiger partial charge >= 0.3 is 11.7 Å². The molecule has 2 aromatic heterocycles. The molecule has 0 saturated heterocycles. The van der Waals surface area contributed by atoms with Crippen molar-refractivity contribution in [3.63, 3.8) is 0 Å². The van der Waals surface area contributed by atoms with Crippen molar-refractivity contribution in [2.75, 3.05) is 5.32 Å². The van der Waals surface area contributed by atoms with Gasteiger partial charge in [0.15, 0.2) is 17.5 Å². The number of carbonyl (C=O) groups is 1. The highest BCUT2D eigenvalue weighted by Crippen LogP contribution is 2.24. The Morgan fingerprint density at radius 3 is 2.60 bits per heavy atom. The molecule has 1 atom stereocenters. The molecule has 3 aromatic rings. The lowest BCUT2D eigenvalue weighted by Crippen LogP contribution is -2.47. The summed E-state index contributed by atoms with van der Waals surface area (Å²) < 4.78 is 42.4. The van der Waals surface area contributed by atoms with Gasteiger partial charge in [0.2, 0.25) is 0 Å². The number of amides is 2. The Morgan fingerprint density at radius 1 is 1.23 bits per heavy atom. The number of fused-ring (bicyclic) bond motifs is 1. The number of anilines is 1. The number of carbonyl (C=O) groups excluding carboxylic acids is 1. The highest BCUT2D eigenvalue weighted by atomic mass is 19.2. The van der Waals surface area contributed by atoms with E-state index in [4.69, 9.17) is 0 Å². The number of aromatic amines is 1. The maximum absolute atomic E-state index is 13.4. The fraction of sp³-hybridized carbons (Fsp3) is 0.222. The van der Waals surface area contributed by atoms with Crippen molar-refractivity contribution in [2.24, 2.45) is 0 Å². The number of urea groups is 1. The Morgan fingerprint density at radius 2 is 1.93 bits per heavy atom. The van der Waals surface area contributed by atoms with Gasteiger partial charge in [-0.05, 0) is 6.92 Å². The number of hydrogen-bond acceptors (Lipinski definition) is 4. The van der Waals surface area contributed by atoms with Crippen LogP contribution >= 0.6 is 0 Å². The zero-order valence-electron chi connectivity index (χ0n) is 15.5. The van der Waals surface area contributed by atoms with Gasteiger partial charge in [-0.2, -0.15) is 5.10 Å². The lowest BCUT2D eigenvalue weighted by Gasteiger charge is -2.34. The number of nitrogens with zero attached hydrogens (tertiary/aromatic N) is 4. The Balaban J connectivity index is 1.65. The van der Waals surface area contributed by atoms with Crippen LogP contribution in [0.4, 0.5) is 23.7 Å². The molecular weight excluding hydrogens is 405 g/mol. The van der Waals surface area contributed by atoms with Crippen LogP contribution in [-0.2, 0) is 13.1 Å². The molecule has 0 saturated carbocycles. The third-order valence-corrected chi connectivity index (χ3v) is 4.81. The molecule has 9 nitrogen and oxygen atoms in total. The Hall–Kier alpha value is -3.83. The van der Waals surface area contributed by atoms with E-state index in [0.717, 1.165) is 4.57 Å². The van der Waals surface area contributed by atoms with Crippen LogP contribution in [0.1, 0.15) is 12.6 Å². The second-order valence-corrected chi connectivity index (χ2v) is 6.78. The van der Waals surface area contributed by atoms with Gasteiger partial charge in [0.25, 0.3) is 5.56 Å². The van der Waals surface area contributed by atoms with Crippen molar-refractivity contribution in [2.45, 2.75) is 26.1 Å². The van der Waals surface area contributed by atoms with E-state index in [0.29, 0.717) is 17.8 Å². The molecule has 1 aliphatic heterocycles. The summed E-state index contributed by atoms with van der Waals surface area (Å²) in [5.41, 5.74) is -0.839. The molecule has 3 heterocycles. The van der Waals surface area contributed by atoms with Crippen LogP contribution in [0.15, 0.2) is 40.2 Å². The molecule has 30 heavy (non-hydrogen) atoms. The minimum Gasteiger partial charge on any atom is -0.314 e. The number of hydrogen-bond donors (Lipinski definition) is 2. The molecule has 12 heteroatoms. The molecular formula is C18H15F3N6O3. The summed E-state index contributed by atoms with van der Waals surface area (Å²) in [7, 11) is 0. The fourth-order valence-electron chi connectivity index (χ4n) is 3.32. The average molecular weight is 420 g/mol. The normalized spacial score (nSPS) is 15.7. The molecule has 2 N–H and O–H groups in total. The molecule has 0 spiro atoms. The maximum atomic E-state index is 13.4. The van der Waals surface area contributed by atoms with E-state index in [1.54, 1.807) is 11.6 Å². The number of rotatable bonds is 2. The van der Waals surface area contributed by atoms with Gasteiger partial charge < -0.3 is 15.2 Å². The summed E-state index contributed by atoms with van der Waals surface area (Å²) in [6, 6.07) is 1.46. The second-order valence-electron chi connectivity index (χ2n) is 6.78. The smallest absolute Gasteiger partial charge is 0.314 e. The molecule has 1 aromatic carbocycles. The Kier molecular flexibility index (Phi) is 4.68. The zero-order chi connectivity index (χ0) is 21.6. The van der Waals surface area contributed by atoms with E-state index in [1.807, 2.05) is 0 Å². The van der Waals surface area contributed by atoms with Crippen molar-refractivity contribution in [1.82, 2.24) is 24.2 Å². The van der Waals surface area contributed by atoms with Crippen LogP contribution in [-0.4, -0.2) is 36.3 Å². The molecule has 0 bridgehead atoms. The topological polar surface area (TPSA) is 105 Å². The largest absolute Gasteiger partial charge is 0.333 e. The minimum absolute atomic E-state index is 0.0325. The first-order valence-corrected chi connectivity index (χ1v) is 8.84. The van der Waals surface area contributed by atoms with Crippen molar-refractivity contribution in [3.05, 3.63) is 74.6 Å². The Bertz CT molecular complexity index is 1210. The third kappa shape index (κ3) is 3.25. The highest BCUT2D eigenvalue weighted by Gasteiger charge is 2.30. The first-order valence-electron chi connectivity index (χ1n) is 8.84. The SMILES string of the molecule is C[C@H]1Cn2ncc(-n3c(=O)cc[nH]c3=O)c2CN1C(=O)Nc1cc(F)c(F)c(F)c1. The van der Waals surface area contributed by atoms with E-state index >= 15 is 0 Å². The molecule has 0 aliphatic carbocycles. The van der Waals surface area contributed by atoms with E-state index in [9.17, 15) is 27.6 Å². The second kappa shape index (κ2) is 7.21. The van der Waals surface area contributed by atoms with Gasteiger partial charge in [-0.3, -0.25) is 9.48 Å². The summed E-state index contributed by atoms with van der Waals surface area (Å²) in [6.45, 7) is 1.96. The predicted octanol–water partition coefficient (Wildman–Crippen LogP) is 1.58. The lowest BCUT2D eigenvalue weighted by molar-refractivity contribution is 0.161. The van der Waals surface area contributed by atoms with Crippen LogP contribution in [0.25, 0.3) is 5.69 Å². The van der Waals surface area contributed by atoms with Crippen LogP contribution in [0.5, 0.6) is 0 Å². The molecule has 0 fully saturated rings. The fourth-order valence-corrected chi connectivity index (χ4v) is 3.32. The van der Waals surface area contributed by atoms with E-state index < -0.39 is 34.7 Å². The van der Waals surface area contributed by atoms with E-state index in [2.05, 4.69) is 15.4 Å². The number of H-pyrrole nitrogens is 1. The molecule has 4 rings (SSSR count). The van der Waals surface area contributed by atoms with Crippen molar-refractivity contribution in [1.29, 1.82) is 0 Å². The zero-order valence-corrected chi connectivity index (χ0v) is 15.5. The van der Waals surface area contributed by atoms with Gasteiger partial charge in [-0.25, -0.2) is 27.3 Å². The maximum Gasteiger partial charge on any atom is 0.333 e. The standard InChI is InChI=1S/C18H15F3N6O3/c1-9-7-26-14(13(6-23-26)27-15(28)2-3-22-17(27)29)8-25(9)18(30)24-10-4-11(19)16(21)12(20)5-10/h2-6,9H,7-8H2,1H3,(H,22,29)(H,24,30)/t9-/m0/s1. The van der Waals surface area contributed by atoms with Gasteiger partial charge in [0.1, 0.15) is 0 Å². The van der Waals surface area contributed by atoms with Crippen molar-refractivity contribution in [3.8, 4) is 5.69 Å². The van der Waals surface area contributed by atoms with Gasteiger partial charge in [0, 0.05) is 30.1 Å². The van der Waals surface area contributed by atoms with Crippen LogP contribution in [0.3, 0.4) is 0 Å². The van der Waals surface area contributed by atoms with Gasteiger partial charge in [0.05, 0.1) is 36.7 Å². The van der Waals surface area contributed by atoms with E-state index in [1.165, 1.54) is 23.4 Å². The Labute approximate surface area is 166 Å². The van der Waals surface area contributed by atoms with E-state index in [-0.39, 0.29) is 30.5 Å². The number of nitrogens with one attached hydrogen (secondary N) is 2. The lowest BCUT2D eigenvalue weighted by atomic mass is 10.2. The van der Waals surface area contributed by atoms with Crippen LogP contribution < -0.4 is 16.6 Å². The molecule has 1 aliphatic rings. The summed E-state index contributed by atoms with van der Waals surface area (Å²) in [4.78, 5) is 40.7. The number of aromatic nitrogens is 4. The summed E-state index contributed by atoms with van der Waals surface area (Å²) >= 11 is 0. The minimum atomic E-state index is -1.63. The first-order chi connectivity index (χ1) is 14.3. The number of benzene rings is 1. The molecule has 156 valence electrons. The molecule has 0 unspecified atom stereocenters. The first kappa shape index (κ1) is 19.5. The summed E-state index contributed by atoms with van der Waals surface area (Å²) in [6.07, 6.45) is 2.57. The average Bonchev–Trinajstić information content (AvgIpc) is 3.07. The number of halogens is 3. The van der Waals surface area contributed by atoms with Gasteiger partial charge in [-0.15, -0.1) is 0 Å². The highest BCUT2D eigenvalue weighted by molar-refractivity contribution is 5.89. The summed E-state index contributed by atoms with van der Waals surface area (Å²) in [5.74, 6) is -4.49.